The molecule has 3 aliphatic carbocycles. The lowest BCUT2D eigenvalue weighted by Gasteiger charge is -2.66. The first-order valence-electron chi connectivity index (χ1n) is 14.6. The molecule has 5 nitrogen and oxygen atoms in total. The van der Waals surface area contributed by atoms with Crippen molar-refractivity contribution in [2.75, 3.05) is 33.2 Å². The first-order valence-corrected chi connectivity index (χ1v) is 14.6. The first kappa shape index (κ1) is 22.6. The number of phenols is 1. The number of fused-ring (bicyclic) bond motifs is 1. The van der Waals surface area contributed by atoms with Crippen LogP contribution in [0.1, 0.15) is 60.0 Å². The molecule has 6 aliphatic rings. The fourth-order valence-corrected chi connectivity index (χ4v) is 10.8. The van der Waals surface area contributed by atoms with Crippen molar-refractivity contribution in [1.29, 1.82) is 0 Å². The van der Waals surface area contributed by atoms with Crippen LogP contribution in [-0.2, 0) is 11.8 Å². The molecule has 5 fully saturated rings. The summed E-state index contributed by atoms with van der Waals surface area (Å²) in [5, 5.41) is 10.7. The van der Waals surface area contributed by atoms with Gasteiger partial charge in [0, 0.05) is 42.2 Å². The molecule has 37 heavy (non-hydrogen) atoms. The Kier molecular flexibility index (Phi) is 4.78. The van der Waals surface area contributed by atoms with Gasteiger partial charge in [0.1, 0.15) is 5.75 Å². The van der Waals surface area contributed by atoms with Gasteiger partial charge in [-0.3, -0.25) is 9.69 Å². The summed E-state index contributed by atoms with van der Waals surface area (Å²) in [6, 6.07) is 17.7. The van der Waals surface area contributed by atoms with E-state index >= 15 is 0 Å². The minimum atomic E-state index is 0.0847. The number of rotatable bonds is 3. The molecular formula is C32H39N3O2. The Morgan fingerprint density at radius 1 is 1.08 bits per heavy atom. The molecule has 0 aromatic heterocycles. The lowest BCUT2D eigenvalue weighted by molar-refractivity contribution is -0.104. The average molecular weight is 498 g/mol. The number of carbonyl (C=O) groups excluding carboxylic acids is 1. The molecule has 2 aromatic rings. The summed E-state index contributed by atoms with van der Waals surface area (Å²) >= 11 is 0. The van der Waals surface area contributed by atoms with Gasteiger partial charge in [0.05, 0.1) is 0 Å². The number of phenolic OH excluding ortho intramolecular Hbond substituents is 1. The number of hydrogen-bond acceptors (Lipinski definition) is 4. The number of carbonyl (C=O) groups is 1. The third kappa shape index (κ3) is 2.85. The zero-order valence-corrected chi connectivity index (χ0v) is 22.0. The van der Waals surface area contributed by atoms with Crippen molar-refractivity contribution >= 4 is 5.91 Å². The molecule has 0 spiro atoms. The van der Waals surface area contributed by atoms with E-state index in [0.717, 1.165) is 31.5 Å². The van der Waals surface area contributed by atoms with Gasteiger partial charge in [-0.15, -0.1) is 0 Å². The largest absolute Gasteiger partial charge is 0.508 e. The van der Waals surface area contributed by atoms with Gasteiger partial charge in [0.15, 0.2) is 0 Å². The van der Waals surface area contributed by atoms with Crippen molar-refractivity contribution in [3.8, 4) is 5.75 Å². The topological polar surface area (TPSA) is 47.0 Å². The van der Waals surface area contributed by atoms with Crippen molar-refractivity contribution in [2.45, 2.75) is 68.5 Å². The molecule has 5 heteroatoms. The minimum absolute atomic E-state index is 0.0847. The number of amides is 1. The summed E-state index contributed by atoms with van der Waals surface area (Å²) in [6.07, 6.45) is 8.51. The van der Waals surface area contributed by atoms with Crippen molar-refractivity contribution in [3.05, 3.63) is 65.2 Å². The Balaban J connectivity index is 1.22. The molecule has 3 heterocycles. The predicted molar refractivity (Wildman–Crippen MR) is 144 cm³/mol. The molecule has 8 rings (SSSR count). The van der Waals surface area contributed by atoms with E-state index in [4.69, 9.17) is 0 Å². The Bertz CT molecular complexity index is 1250. The summed E-state index contributed by atoms with van der Waals surface area (Å²) < 4.78 is 0. The van der Waals surface area contributed by atoms with Crippen molar-refractivity contribution in [2.24, 2.45) is 17.3 Å². The lowest BCUT2D eigenvalue weighted by Crippen LogP contribution is -2.70. The molecule has 4 bridgehead atoms. The molecule has 2 aromatic carbocycles. The summed E-state index contributed by atoms with van der Waals surface area (Å²) in [4.78, 5) is 21.5. The Morgan fingerprint density at radius 2 is 1.95 bits per heavy atom. The maximum Gasteiger partial charge on any atom is 0.254 e. The molecule has 2 saturated carbocycles. The molecule has 194 valence electrons. The van der Waals surface area contributed by atoms with Gasteiger partial charge in [-0.1, -0.05) is 24.3 Å². The molecule has 7 atom stereocenters. The summed E-state index contributed by atoms with van der Waals surface area (Å²) in [6.45, 7) is 4.48. The van der Waals surface area contributed by atoms with E-state index in [9.17, 15) is 9.90 Å². The zero-order chi connectivity index (χ0) is 24.9. The van der Waals surface area contributed by atoms with E-state index < -0.39 is 0 Å². The van der Waals surface area contributed by atoms with Gasteiger partial charge in [0.25, 0.3) is 5.91 Å². The van der Waals surface area contributed by atoms with Crippen LogP contribution in [0.5, 0.6) is 5.75 Å². The van der Waals surface area contributed by atoms with Crippen LogP contribution in [0.3, 0.4) is 0 Å². The smallest absolute Gasteiger partial charge is 0.254 e. The van der Waals surface area contributed by atoms with Crippen LogP contribution < -0.4 is 0 Å². The molecule has 1 amide bonds. The Labute approximate surface area is 220 Å². The monoisotopic (exact) mass is 497 g/mol. The number of likely N-dealkylation sites (N-methyl/N-ethyl adjacent to an activating group) is 1. The van der Waals surface area contributed by atoms with Gasteiger partial charge in [-0.2, -0.15) is 0 Å². The number of hydrogen-bond donors (Lipinski definition) is 1. The number of nitrogens with zero attached hydrogens (tertiary/aromatic N) is 3. The molecule has 0 unspecified atom stereocenters. The van der Waals surface area contributed by atoms with Crippen molar-refractivity contribution in [1.82, 2.24) is 14.7 Å². The molecule has 3 aliphatic heterocycles. The van der Waals surface area contributed by atoms with Gasteiger partial charge in [-0.25, -0.2) is 0 Å². The van der Waals surface area contributed by atoms with E-state index in [2.05, 4.69) is 33.9 Å². The predicted octanol–water partition coefficient (Wildman–Crippen LogP) is 4.30. The zero-order valence-electron chi connectivity index (χ0n) is 22.0. The van der Waals surface area contributed by atoms with Crippen LogP contribution in [0, 0.1) is 17.3 Å². The van der Waals surface area contributed by atoms with Gasteiger partial charge >= 0.3 is 0 Å². The SMILES string of the molecule is CN1CCC[C@H]1CN1CC[C@@]23c4cc(O)ccc4C[C@@H]1[C@]21CC[C@@H]2[C@H]3[C@@H](CN2C(=O)c2ccccc2)C1. The van der Waals surface area contributed by atoms with E-state index in [1.807, 2.05) is 36.4 Å². The number of benzene rings is 2. The minimum Gasteiger partial charge on any atom is -0.508 e. The first-order chi connectivity index (χ1) is 18.0. The lowest BCUT2D eigenvalue weighted by atomic mass is 9.43. The highest BCUT2D eigenvalue weighted by Gasteiger charge is 2.76. The average Bonchev–Trinajstić information content (AvgIpc) is 3.53. The van der Waals surface area contributed by atoms with Crippen LogP contribution in [0.2, 0.25) is 0 Å². The summed E-state index contributed by atoms with van der Waals surface area (Å²) in [5.74, 6) is 1.69. The van der Waals surface area contributed by atoms with E-state index in [1.54, 1.807) is 0 Å². The molecule has 0 radical (unpaired) electrons. The fraction of sp³-hybridized carbons (Fsp3) is 0.594. The molecule has 1 N–H and O–H groups in total. The molecular weight excluding hydrogens is 458 g/mol. The third-order valence-corrected chi connectivity index (χ3v) is 12.0. The normalized spacial score (nSPS) is 40.0. The quantitative estimate of drug-likeness (QED) is 0.687. The summed E-state index contributed by atoms with van der Waals surface area (Å²) in [7, 11) is 2.31. The second-order valence-corrected chi connectivity index (χ2v) is 13.1. The van der Waals surface area contributed by atoms with E-state index in [-0.39, 0.29) is 16.7 Å². The fourth-order valence-electron chi connectivity index (χ4n) is 10.8. The maximum absolute atomic E-state index is 13.7. The van der Waals surface area contributed by atoms with Gasteiger partial charge in [0.2, 0.25) is 0 Å². The Morgan fingerprint density at radius 3 is 2.76 bits per heavy atom. The van der Waals surface area contributed by atoms with E-state index in [1.165, 1.54) is 56.3 Å². The van der Waals surface area contributed by atoms with Crippen molar-refractivity contribution in [3.63, 3.8) is 0 Å². The second-order valence-electron chi connectivity index (χ2n) is 13.1. The van der Waals surface area contributed by atoms with Gasteiger partial charge in [-0.05, 0) is 118 Å². The second kappa shape index (κ2) is 7.83. The highest BCUT2D eigenvalue weighted by atomic mass is 16.3. The molecule has 3 saturated heterocycles. The number of aromatic hydroxyl groups is 1. The van der Waals surface area contributed by atoms with Crippen LogP contribution in [0.25, 0.3) is 0 Å². The maximum atomic E-state index is 13.7. The number of likely N-dealkylation sites (tertiary alicyclic amines) is 3. The summed E-state index contributed by atoms with van der Waals surface area (Å²) in [5.41, 5.74) is 4.08. The number of piperidine rings is 1. The van der Waals surface area contributed by atoms with Crippen molar-refractivity contribution < 1.29 is 9.90 Å². The Hall–Kier alpha value is -2.37. The van der Waals surface area contributed by atoms with E-state index in [0.29, 0.717) is 35.7 Å². The highest BCUT2D eigenvalue weighted by molar-refractivity contribution is 5.94. The van der Waals surface area contributed by atoms with Crippen LogP contribution >= 0.6 is 0 Å². The van der Waals surface area contributed by atoms with Crippen LogP contribution in [0.15, 0.2) is 48.5 Å². The van der Waals surface area contributed by atoms with Gasteiger partial charge < -0.3 is 14.9 Å². The highest BCUT2D eigenvalue weighted by Crippen LogP contribution is 2.75. The standard InChI is InChI=1S/C32H39N3O2/c1-33-14-5-8-24(33)20-34-15-13-32-26-17-25(36)10-9-22(26)16-28(34)31(32)12-11-27-29(32)23(18-31)19-35(27)30(37)21-6-3-2-4-7-21/h2-4,6-7,9-10,17,23-24,27-29,36H,5,8,11-16,18-20H2,1H3/t23-,24+,27-,28-,29-,31-,32+/m1/s1. The van der Waals surface area contributed by atoms with Crippen LogP contribution in [-0.4, -0.2) is 77.1 Å². The third-order valence-electron chi connectivity index (χ3n) is 12.0. The van der Waals surface area contributed by atoms with Crippen LogP contribution in [0.4, 0.5) is 0 Å².